The number of benzene rings is 1. The standard InChI is InChI=1S/C14H19N3O2/c1-18-6-7-19-10-14(17-15)12-8-11-4-2-3-5-13(11)16-9-12/h2-5,8-9,14,17H,6-7,10,15H2,1H3. The van der Waals surface area contributed by atoms with Crippen molar-refractivity contribution in [2.24, 2.45) is 5.84 Å². The first kappa shape index (κ1) is 13.9. The van der Waals surface area contributed by atoms with Crippen molar-refractivity contribution in [2.75, 3.05) is 26.9 Å². The molecule has 0 fully saturated rings. The van der Waals surface area contributed by atoms with E-state index in [-0.39, 0.29) is 6.04 Å². The van der Waals surface area contributed by atoms with Gasteiger partial charge in [0, 0.05) is 18.7 Å². The van der Waals surface area contributed by atoms with Gasteiger partial charge in [0.1, 0.15) is 0 Å². The molecule has 0 amide bonds. The Labute approximate surface area is 112 Å². The van der Waals surface area contributed by atoms with E-state index in [2.05, 4.69) is 16.5 Å². The van der Waals surface area contributed by atoms with Crippen LogP contribution in [0.4, 0.5) is 0 Å². The number of methoxy groups -OCH3 is 1. The fraction of sp³-hybridized carbons (Fsp3) is 0.357. The van der Waals surface area contributed by atoms with Crippen molar-refractivity contribution in [1.29, 1.82) is 0 Å². The average molecular weight is 261 g/mol. The molecular formula is C14H19N3O2. The molecule has 5 nitrogen and oxygen atoms in total. The number of rotatable bonds is 7. The molecule has 0 spiro atoms. The zero-order valence-corrected chi connectivity index (χ0v) is 11.0. The Kier molecular flexibility index (Phi) is 5.23. The van der Waals surface area contributed by atoms with Gasteiger partial charge in [-0.3, -0.25) is 16.3 Å². The van der Waals surface area contributed by atoms with Gasteiger partial charge in [-0.25, -0.2) is 0 Å². The van der Waals surface area contributed by atoms with E-state index in [1.807, 2.05) is 30.5 Å². The van der Waals surface area contributed by atoms with Crippen LogP contribution in [0, 0.1) is 0 Å². The van der Waals surface area contributed by atoms with Gasteiger partial charge in [-0.2, -0.15) is 0 Å². The van der Waals surface area contributed by atoms with E-state index >= 15 is 0 Å². The number of fused-ring (bicyclic) bond motifs is 1. The predicted molar refractivity (Wildman–Crippen MR) is 74.5 cm³/mol. The summed E-state index contributed by atoms with van der Waals surface area (Å²) in [5, 5.41) is 1.09. The summed E-state index contributed by atoms with van der Waals surface area (Å²) in [5.74, 6) is 5.57. The van der Waals surface area contributed by atoms with E-state index in [1.165, 1.54) is 0 Å². The fourth-order valence-corrected chi connectivity index (χ4v) is 1.86. The predicted octanol–water partition coefficient (Wildman–Crippen LogP) is 1.40. The number of hydrogen-bond donors (Lipinski definition) is 2. The van der Waals surface area contributed by atoms with Crippen LogP contribution >= 0.6 is 0 Å². The Morgan fingerprint density at radius 2 is 2.16 bits per heavy atom. The van der Waals surface area contributed by atoms with Crippen LogP contribution in [-0.4, -0.2) is 31.9 Å². The number of ether oxygens (including phenoxy) is 2. The van der Waals surface area contributed by atoms with E-state index in [0.717, 1.165) is 16.5 Å². The Hall–Kier alpha value is -1.53. The quantitative estimate of drug-likeness (QED) is 0.448. The second-order valence-electron chi connectivity index (χ2n) is 4.25. The summed E-state index contributed by atoms with van der Waals surface area (Å²) in [6.45, 7) is 1.61. The van der Waals surface area contributed by atoms with Crippen molar-refractivity contribution < 1.29 is 9.47 Å². The van der Waals surface area contributed by atoms with Gasteiger partial charge >= 0.3 is 0 Å². The monoisotopic (exact) mass is 261 g/mol. The maximum Gasteiger partial charge on any atom is 0.0709 e. The lowest BCUT2D eigenvalue weighted by Crippen LogP contribution is -2.31. The Bertz CT molecular complexity index is 519. The first-order valence-corrected chi connectivity index (χ1v) is 6.22. The molecule has 1 unspecified atom stereocenters. The van der Waals surface area contributed by atoms with Crippen LogP contribution in [0.5, 0.6) is 0 Å². The topological polar surface area (TPSA) is 69.4 Å². The normalized spacial score (nSPS) is 12.7. The molecule has 0 aliphatic rings. The number of nitrogens with two attached hydrogens (primary N) is 1. The van der Waals surface area contributed by atoms with Gasteiger partial charge in [-0.1, -0.05) is 18.2 Å². The highest BCUT2D eigenvalue weighted by atomic mass is 16.5. The zero-order valence-electron chi connectivity index (χ0n) is 11.0. The number of pyridine rings is 1. The summed E-state index contributed by atoms with van der Waals surface area (Å²) >= 11 is 0. The molecular weight excluding hydrogens is 242 g/mol. The SMILES string of the molecule is COCCOCC(NN)c1cnc2ccccc2c1. The molecule has 19 heavy (non-hydrogen) atoms. The lowest BCUT2D eigenvalue weighted by molar-refractivity contribution is 0.0585. The van der Waals surface area contributed by atoms with Crippen LogP contribution in [0.25, 0.3) is 10.9 Å². The van der Waals surface area contributed by atoms with Gasteiger partial charge < -0.3 is 9.47 Å². The molecule has 102 valence electrons. The Morgan fingerprint density at radius 1 is 1.32 bits per heavy atom. The van der Waals surface area contributed by atoms with Gasteiger partial charge in [0.2, 0.25) is 0 Å². The van der Waals surface area contributed by atoms with Crippen molar-refractivity contribution in [2.45, 2.75) is 6.04 Å². The summed E-state index contributed by atoms with van der Waals surface area (Å²) in [4.78, 5) is 4.42. The molecule has 1 heterocycles. The molecule has 0 aliphatic heterocycles. The van der Waals surface area contributed by atoms with Crippen LogP contribution in [-0.2, 0) is 9.47 Å². The van der Waals surface area contributed by atoms with Gasteiger partial charge in [0.05, 0.1) is 31.4 Å². The second-order valence-corrected chi connectivity index (χ2v) is 4.25. The summed E-state index contributed by atoms with van der Waals surface area (Å²) < 4.78 is 10.4. The number of hydrogen-bond acceptors (Lipinski definition) is 5. The van der Waals surface area contributed by atoms with Gasteiger partial charge in [0.15, 0.2) is 0 Å². The van der Waals surface area contributed by atoms with E-state index in [0.29, 0.717) is 19.8 Å². The van der Waals surface area contributed by atoms with E-state index in [4.69, 9.17) is 15.3 Å². The first-order valence-electron chi connectivity index (χ1n) is 6.22. The third kappa shape index (κ3) is 3.71. The van der Waals surface area contributed by atoms with E-state index < -0.39 is 0 Å². The third-order valence-corrected chi connectivity index (χ3v) is 2.93. The Morgan fingerprint density at radius 3 is 2.95 bits per heavy atom. The molecule has 0 bridgehead atoms. The summed E-state index contributed by atoms with van der Waals surface area (Å²) in [5.41, 5.74) is 4.74. The molecule has 3 N–H and O–H groups in total. The number of nitrogens with one attached hydrogen (secondary N) is 1. The Balaban J connectivity index is 2.07. The van der Waals surface area contributed by atoms with E-state index in [1.54, 1.807) is 7.11 Å². The summed E-state index contributed by atoms with van der Waals surface area (Å²) in [6.07, 6.45) is 1.83. The molecule has 0 saturated heterocycles. The van der Waals surface area contributed by atoms with E-state index in [9.17, 15) is 0 Å². The molecule has 0 aliphatic carbocycles. The third-order valence-electron chi connectivity index (χ3n) is 2.93. The minimum absolute atomic E-state index is 0.0750. The number of hydrazine groups is 1. The molecule has 2 aromatic rings. The van der Waals surface area contributed by atoms with Crippen molar-refractivity contribution >= 4 is 10.9 Å². The average Bonchev–Trinajstić information content (AvgIpc) is 2.47. The summed E-state index contributed by atoms with van der Waals surface area (Å²) in [6, 6.07) is 9.99. The number of aromatic nitrogens is 1. The maximum absolute atomic E-state index is 5.57. The van der Waals surface area contributed by atoms with Crippen molar-refractivity contribution in [3.05, 3.63) is 42.1 Å². The fourth-order valence-electron chi connectivity index (χ4n) is 1.86. The van der Waals surface area contributed by atoms with Crippen molar-refractivity contribution in [3.8, 4) is 0 Å². The number of nitrogens with zero attached hydrogens (tertiary/aromatic N) is 1. The molecule has 5 heteroatoms. The minimum Gasteiger partial charge on any atom is -0.382 e. The second kappa shape index (κ2) is 7.16. The van der Waals surface area contributed by atoms with Crippen LogP contribution < -0.4 is 11.3 Å². The van der Waals surface area contributed by atoms with Crippen LogP contribution in [0.15, 0.2) is 36.5 Å². The highest BCUT2D eigenvalue weighted by molar-refractivity contribution is 5.78. The first-order chi connectivity index (χ1) is 9.35. The molecule has 2 rings (SSSR count). The lowest BCUT2D eigenvalue weighted by atomic mass is 10.1. The van der Waals surface area contributed by atoms with Gasteiger partial charge in [-0.05, 0) is 17.7 Å². The van der Waals surface area contributed by atoms with Crippen LogP contribution in [0.1, 0.15) is 11.6 Å². The smallest absolute Gasteiger partial charge is 0.0709 e. The van der Waals surface area contributed by atoms with Crippen molar-refractivity contribution in [1.82, 2.24) is 10.4 Å². The molecule has 1 aromatic carbocycles. The number of para-hydroxylation sites is 1. The molecule has 1 atom stereocenters. The summed E-state index contributed by atoms with van der Waals surface area (Å²) in [7, 11) is 1.65. The van der Waals surface area contributed by atoms with Gasteiger partial charge in [-0.15, -0.1) is 0 Å². The highest BCUT2D eigenvalue weighted by Crippen LogP contribution is 2.18. The zero-order chi connectivity index (χ0) is 13.5. The maximum atomic E-state index is 5.57. The lowest BCUT2D eigenvalue weighted by Gasteiger charge is -2.16. The van der Waals surface area contributed by atoms with Gasteiger partial charge in [0.25, 0.3) is 0 Å². The molecule has 1 aromatic heterocycles. The molecule has 0 radical (unpaired) electrons. The largest absolute Gasteiger partial charge is 0.382 e. The minimum atomic E-state index is -0.0750. The van der Waals surface area contributed by atoms with Crippen LogP contribution in [0.3, 0.4) is 0 Å². The molecule has 0 saturated carbocycles. The van der Waals surface area contributed by atoms with Crippen LogP contribution in [0.2, 0.25) is 0 Å². The highest BCUT2D eigenvalue weighted by Gasteiger charge is 2.10. The van der Waals surface area contributed by atoms with Crippen molar-refractivity contribution in [3.63, 3.8) is 0 Å².